The zero-order valence-electron chi connectivity index (χ0n) is 12.9. The minimum atomic E-state index is -3.46. The molecular formula is C15H15N3O5S. The number of nitrogens with one attached hydrogen (secondary N) is 2. The average molecular weight is 349 g/mol. The third kappa shape index (κ3) is 4.53. The molecule has 0 fully saturated rings. The number of sulfonamides is 1. The summed E-state index contributed by atoms with van der Waals surface area (Å²) < 4.78 is 24.8. The van der Waals surface area contributed by atoms with E-state index in [-0.39, 0.29) is 16.9 Å². The molecule has 0 atom stereocenters. The Morgan fingerprint density at radius 1 is 1.17 bits per heavy atom. The van der Waals surface area contributed by atoms with E-state index in [2.05, 4.69) is 10.0 Å². The molecule has 0 unspecified atom stereocenters. The monoisotopic (exact) mass is 349 g/mol. The number of nitro benzene ring substituents is 1. The third-order valence-corrected chi connectivity index (χ3v) is 3.71. The van der Waals surface area contributed by atoms with Gasteiger partial charge in [0, 0.05) is 23.4 Å². The number of non-ortho nitro benzene ring substituents is 1. The molecule has 0 bridgehead atoms. The minimum Gasteiger partial charge on any atom is -0.321 e. The average Bonchev–Trinajstić information content (AvgIpc) is 2.47. The number of amides is 1. The summed E-state index contributed by atoms with van der Waals surface area (Å²) in [6, 6.07) is 10.1. The molecule has 8 nitrogen and oxygen atoms in total. The lowest BCUT2D eigenvalue weighted by Gasteiger charge is -2.10. The highest BCUT2D eigenvalue weighted by atomic mass is 32.2. The first-order chi connectivity index (χ1) is 11.2. The Balaban J connectivity index is 2.26. The topological polar surface area (TPSA) is 118 Å². The number of rotatable bonds is 5. The molecule has 0 saturated carbocycles. The molecule has 0 aliphatic heterocycles. The van der Waals surface area contributed by atoms with Crippen LogP contribution in [0, 0.1) is 17.0 Å². The van der Waals surface area contributed by atoms with Gasteiger partial charge >= 0.3 is 0 Å². The largest absolute Gasteiger partial charge is 0.321 e. The minimum absolute atomic E-state index is 0.136. The SMILES string of the molecule is Cc1ccc([N+](=O)[O-])cc1NC(=O)c1cccc(NS(C)(=O)=O)c1. The number of carbonyl (C=O) groups is 1. The van der Waals surface area contributed by atoms with E-state index in [0.29, 0.717) is 11.3 Å². The molecule has 1 amide bonds. The zero-order chi connectivity index (χ0) is 17.9. The highest BCUT2D eigenvalue weighted by Gasteiger charge is 2.13. The number of carbonyl (C=O) groups excluding carboxylic acids is 1. The Hall–Kier alpha value is -2.94. The lowest BCUT2D eigenvalue weighted by atomic mass is 10.1. The Labute approximate surface area is 138 Å². The van der Waals surface area contributed by atoms with E-state index < -0.39 is 20.9 Å². The van der Waals surface area contributed by atoms with Crippen LogP contribution in [0.15, 0.2) is 42.5 Å². The molecule has 126 valence electrons. The number of hydrogen-bond acceptors (Lipinski definition) is 5. The van der Waals surface area contributed by atoms with Gasteiger partial charge in [0.2, 0.25) is 10.0 Å². The van der Waals surface area contributed by atoms with Gasteiger partial charge in [-0.2, -0.15) is 0 Å². The molecule has 0 radical (unpaired) electrons. The summed E-state index contributed by atoms with van der Waals surface area (Å²) in [5, 5.41) is 13.4. The van der Waals surface area contributed by atoms with E-state index >= 15 is 0 Å². The fourth-order valence-corrected chi connectivity index (χ4v) is 2.55. The Kier molecular flexibility index (Phi) is 4.84. The maximum Gasteiger partial charge on any atom is 0.271 e. The van der Waals surface area contributed by atoms with Crippen LogP contribution < -0.4 is 10.0 Å². The number of hydrogen-bond donors (Lipinski definition) is 2. The Morgan fingerprint density at radius 3 is 2.50 bits per heavy atom. The van der Waals surface area contributed by atoms with Gasteiger partial charge in [-0.1, -0.05) is 12.1 Å². The van der Waals surface area contributed by atoms with Crippen molar-refractivity contribution in [3.05, 3.63) is 63.7 Å². The van der Waals surface area contributed by atoms with E-state index in [0.717, 1.165) is 6.26 Å². The van der Waals surface area contributed by atoms with Crippen LogP contribution in [-0.4, -0.2) is 25.5 Å². The molecule has 0 saturated heterocycles. The number of aryl methyl sites for hydroxylation is 1. The zero-order valence-corrected chi connectivity index (χ0v) is 13.8. The van der Waals surface area contributed by atoms with Gasteiger partial charge in [-0.25, -0.2) is 8.42 Å². The molecule has 2 N–H and O–H groups in total. The Bertz CT molecular complexity index is 909. The molecule has 9 heteroatoms. The van der Waals surface area contributed by atoms with Crippen molar-refractivity contribution in [2.45, 2.75) is 6.92 Å². The lowest BCUT2D eigenvalue weighted by molar-refractivity contribution is -0.384. The highest BCUT2D eigenvalue weighted by molar-refractivity contribution is 7.92. The fraction of sp³-hybridized carbons (Fsp3) is 0.133. The number of benzene rings is 2. The van der Waals surface area contributed by atoms with E-state index in [1.807, 2.05) is 0 Å². The molecule has 2 aromatic rings. The molecule has 0 aliphatic carbocycles. The van der Waals surface area contributed by atoms with Crippen LogP contribution >= 0.6 is 0 Å². The van der Waals surface area contributed by atoms with E-state index in [1.165, 1.54) is 42.5 Å². The van der Waals surface area contributed by atoms with Crippen LogP contribution in [0.2, 0.25) is 0 Å². The van der Waals surface area contributed by atoms with Gasteiger partial charge in [0.15, 0.2) is 0 Å². The summed E-state index contributed by atoms with van der Waals surface area (Å²) in [6.45, 7) is 1.71. The molecule has 0 aromatic heterocycles. The summed E-state index contributed by atoms with van der Waals surface area (Å²) in [5.74, 6) is -0.504. The van der Waals surface area contributed by atoms with Crippen LogP contribution in [0.4, 0.5) is 17.1 Å². The van der Waals surface area contributed by atoms with E-state index in [4.69, 9.17) is 0 Å². The van der Waals surface area contributed by atoms with Crippen LogP contribution in [0.5, 0.6) is 0 Å². The number of anilines is 2. The van der Waals surface area contributed by atoms with Gasteiger partial charge in [-0.05, 0) is 30.7 Å². The number of nitrogens with zero attached hydrogens (tertiary/aromatic N) is 1. The molecule has 0 heterocycles. The quantitative estimate of drug-likeness (QED) is 0.635. The van der Waals surface area contributed by atoms with Gasteiger partial charge in [-0.3, -0.25) is 19.6 Å². The Morgan fingerprint density at radius 2 is 1.88 bits per heavy atom. The summed E-state index contributed by atoms with van der Waals surface area (Å²) in [6.07, 6.45) is 1.01. The van der Waals surface area contributed by atoms with Gasteiger partial charge in [0.05, 0.1) is 16.9 Å². The van der Waals surface area contributed by atoms with Crippen molar-refractivity contribution in [3.63, 3.8) is 0 Å². The van der Waals surface area contributed by atoms with E-state index in [9.17, 15) is 23.3 Å². The van der Waals surface area contributed by atoms with Crippen molar-refractivity contribution in [1.82, 2.24) is 0 Å². The van der Waals surface area contributed by atoms with Crippen molar-refractivity contribution in [2.75, 3.05) is 16.3 Å². The third-order valence-electron chi connectivity index (χ3n) is 3.11. The maximum atomic E-state index is 12.3. The first-order valence-electron chi connectivity index (χ1n) is 6.80. The second kappa shape index (κ2) is 6.67. The predicted molar refractivity (Wildman–Crippen MR) is 90.7 cm³/mol. The summed E-state index contributed by atoms with van der Waals surface area (Å²) in [7, 11) is -3.46. The van der Waals surface area contributed by atoms with Crippen molar-refractivity contribution < 1.29 is 18.1 Å². The summed E-state index contributed by atoms with van der Waals surface area (Å²) in [4.78, 5) is 22.6. The molecule has 24 heavy (non-hydrogen) atoms. The normalized spacial score (nSPS) is 10.9. The summed E-state index contributed by atoms with van der Waals surface area (Å²) >= 11 is 0. The molecule has 0 aliphatic rings. The lowest BCUT2D eigenvalue weighted by Crippen LogP contribution is -2.14. The van der Waals surface area contributed by atoms with Crippen molar-refractivity contribution in [1.29, 1.82) is 0 Å². The maximum absolute atomic E-state index is 12.3. The van der Waals surface area contributed by atoms with Crippen molar-refractivity contribution >= 4 is 33.0 Å². The van der Waals surface area contributed by atoms with E-state index in [1.54, 1.807) is 6.92 Å². The summed E-state index contributed by atoms with van der Waals surface area (Å²) in [5.41, 5.74) is 1.31. The van der Waals surface area contributed by atoms with Crippen molar-refractivity contribution in [2.24, 2.45) is 0 Å². The molecule has 0 spiro atoms. The van der Waals surface area contributed by atoms with Gasteiger partial charge in [0.25, 0.3) is 11.6 Å². The van der Waals surface area contributed by atoms with Crippen LogP contribution in [0.3, 0.4) is 0 Å². The van der Waals surface area contributed by atoms with Crippen molar-refractivity contribution in [3.8, 4) is 0 Å². The van der Waals surface area contributed by atoms with Gasteiger partial charge in [-0.15, -0.1) is 0 Å². The second-order valence-corrected chi connectivity index (χ2v) is 6.91. The van der Waals surface area contributed by atoms with Crippen LogP contribution in [0.1, 0.15) is 15.9 Å². The van der Waals surface area contributed by atoms with Crippen LogP contribution in [0.25, 0.3) is 0 Å². The number of nitro groups is 1. The predicted octanol–water partition coefficient (Wildman–Crippen LogP) is 2.53. The van der Waals surface area contributed by atoms with Gasteiger partial charge in [0.1, 0.15) is 0 Å². The second-order valence-electron chi connectivity index (χ2n) is 5.17. The standard InChI is InChI=1S/C15H15N3O5S/c1-10-6-7-13(18(20)21)9-14(10)16-15(19)11-4-3-5-12(8-11)17-24(2,22)23/h3-9,17H,1-2H3,(H,16,19). The molecule has 2 aromatic carbocycles. The first-order valence-corrected chi connectivity index (χ1v) is 8.69. The van der Waals surface area contributed by atoms with Gasteiger partial charge < -0.3 is 5.32 Å². The first kappa shape index (κ1) is 17.4. The highest BCUT2D eigenvalue weighted by Crippen LogP contribution is 2.23. The van der Waals surface area contributed by atoms with Crippen LogP contribution in [-0.2, 0) is 10.0 Å². The molecular weight excluding hydrogens is 334 g/mol. The smallest absolute Gasteiger partial charge is 0.271 e. The molecule has 2 rings (SSSR count). The fourth-order valence-electron chi connectivity index (χ4n) is 1.99.